The maximum absolute atomic E-state index is 9.08. The topological polar surface area (TPSA) is 67.2 Å². The largest absolute Gasteiger partial charge is 0.396 e. The number of morpholine rings is 1. The zero-order valence-electron chi connectivity index (χ0n) is 9.72. The first-order valence-corrected chi connectivity index (χ1v) is 5.60. The predicted molar refractivity (Wildman–Crippen MR) is 66.8 cm³/mol. The molecule has 5 nitrogen and oxygen atoms in total. The fourth-order valence-corrected chi connectivity index (χ4v) is 2.09. The smallest absolute Gasteiger partial charge is 0.133 e. The summed E-state index contributed by atoms with van der Waals surface area (Å²) in [4.78, 5) is 2.16. The summed E-state index contributed by atoms with van der Waals surface area (Å²) in [6.07, 6.45) is 1.77. The van der Waals surface area contributed by atoms with Gasteiger partial charge >= 0.3 is 0 Å². The molecule has 2 heterocycles. The van der Waals surface area contributed by atoms with Crippen LogP contribution in [-0.2, 0) is 11.3 Å². The van der Waals surface area contributed by atoms with E-state index < -0.39 is 0 Å². The Morgan fingerprint density at radius 3 is 2.82 bits per heavy atom. The highest BCUT2D eigenvalue weighted by molar-refractivity contribution is 5.68. The van der Waals surface area contributed by atoms with Crippen molar-refractivity contribution in [1.29, 1.82) is 5.26 Å². The molecule has 17 heavy (non-hydrogen) atoms. The minimum Gasteiger partial charge on any atom is -0.396 e. The first kappa shape index (κ1) is 11.6. The summed E-state index contributed by atoms with van der Waals surface area (Å²) in [5.74, 6) is 0.907. The van der Waals surface area contributed by atoms with E-state index in [1.165, 1.54) is 0 Å². The summed E-state index contributed by atoms with van der Waals surface area (Å²) in [7, 11) is 0. The van der Waals surface area contributed by atoms with E-state index >= 15 is 0 Å². The van der Waals surface area contributed by atoms with Crippen LogP contribution in [-0.4, -0.2) is 30.9 Å². The molecular weight excluding hydrogens is 216 g/mol. The Morgan fingerprint density at radius 2 is 2.24 bits per heavy atom. The Balaban J connectivity index is 2.40. The van der Waals surface area contributed by atoms with Crippen molar-refractivity contribution in [3.63, 3.8) is 0 Å². The van der Waals surface area contributed by atoms with E-state index in [1.54, 1.807) is 12.1 Å². The molecule has 1 aliphatic heterocycles. The summed E-state index contributed by atoms with van der Waals surface area (Å²) in [6, 6.07) is 3.87. The van der Waals surface area contributed by atoms with Crippen molar-refractivity contribution in [1.82, 2.24) is 4.57 Å². The summed E-state index contributed by atoms with van der Waals surface area (Å²) in [5, 5.41) is 9.08. The zero-order chi connectivity index (χ0) is 12.3. The highest BCUT2D eigenvalue weighted by Gasteiger charge is 2.20. The quantitative estimate of drug-likeness (QED) is 0.788. The van der Waals surface area contributed by atoms with Crippen LogP contribution in [0.15, 0.2) is 18.7 Å². The van der Waals surface area contributed by atoms with Gasteiger partial charge in [0.05, 0.1) is 18.9 Å². The SMILES string of the molecule is C=CCn1c(C#N)cc(N)c1N1CCOCC1. The number of rotatable bonds is 3. The molecule has 1 aromatic heterocycles. The zero-order valence-corrected chi connectivity index (χ0v) is 9.72. The van der Waals surface area contributed by atoms with Crippen LogP contribution in [0.25, 0.3) is 0 Å². The van der Waals surface area contributed by atoms with Gasteiger partial charge < -0.3 is 19.9 Å². The molecule has 0 atom stereocenters. The Bertz CT molecular complexity index is 452. The number of nitrogens with two attached hydrogens (primary N) is 1. The first-order valence-electron chi connectivity index (χ1n) is 5.60. The van der Waals surface area contributed by atoms with E-state index in [0.29, 0.717) is 31.1 Å². The lowest BCUT2D eigenvalue weighted by atomic mass is 10.4. The normalized spacial score (nSPS) is 15.6. The van der Waals surface area contributed by atoms with Gasteiger partial charge in [-0.1, -0.05) is 6.08 Å². The molecule has 0 saturated carbocycles. The second-order valence-corrected chi connectivity index (χ2v) is 3.92. The van der Waals surface area contributed by atoms with E-state index in [0.717, 1.165) is 18.9 Å². The predicted octanol–water partition coefficient (Wildman–Crippen LogP) is 0.965. The van der Waals surface area contributed by atoms with Crippen molar-refractivity contribution in [2.45, 2.75) is 6.54 Å². The number of nitrogen functional groups attached to an aromatic ring is 1. The lowest BCUT2D eigenvalue weighted by Gasteiger charge is -2.30. The van der Waals surface area contributed by atoms with Gasteiger partial charge in [0.2, 0.25) is 0 Å². The number of anilines is 2. The minimum absolute atomic E-state index is 0.573. The average molecular weight is 232 g/mol. The highest BCUT2D eigenvalue weighted by Crippen LogP contribution is 2.28. The van der Waals surface area contributed by atoms with Gasteiger partial charge in [-0.15, -0.1) is 6.58 Å². The van der Waals surface area contributed by atoms with Crippen LogP contribution in [0, 0.1) is 11.3 Å². The average Bonchev–Trinajstić information content (AvgIpc) is 2.67. The van der Waals surface area contributed by atoms with Crippen molar-refractivity contribution in [2.24, 2.45) is 0 Å². The Hall–Kier alpha value is -1.93. The number of hydrogen-bond acceptors (Lipinski definition) is 4. The Morgan fingerprint density at radius 1 is 1.53 bits per heavy atom. The van der Waals surface area contributed by atoms with Crippen molar-refractivity contribution < 1.29 is 4.74 Å². The third kappa shape index (κ3) is 2.12. The molecule has 0 radical (unpaired) electrons. The second-order valence-electron chi connectivity index (χ2n) is 3.92. The monoisotopic (exact) mass is 232 g/mol. The third-order valence-electron chi connectivity index (χ3n) is 2.83. The van der Waals surface area contributed by atoms with E-state index in [-0.39, 0.29) is 0 Å². The van der Waals surface area contributed by atoms with Gasteiger partial charge in [0, 0.05) is 19.6 Å². The van der Waals surface area contributed by atoms with Crippen LogP contribution >= 0.6 is 0 Å². The van der Waals surface area contributed by atoms with Crippen LogP contribution in [0.1, 0.15) is 5.69 Å². The molecule has 0 aliphatic carbocycles. The molecule has 2 rings (SSSR count). The molecule has 1 saturated heterocycles. The van der Waals surface area contributed by atoms with Crippen molar-refractivity contribution in [3.05, 3.63) is 24.4 Å². The lowest BCUT2D eigenvalue weighted by Crippen LogP contribution is -2.38. The van der Waals surface area contributed by atoms with Crippen LogP contribution in [0.4, 0.5) is 11.5 Å². The summed E-state index contributed by atoms with van der Waals surface area (Å²) in [6.45, 7) is 7.30. The summed E-state index contributed by atoms with van der Waals surface area (Å²) < 4.78 is 7.21. The number of allylic oxidation sites excluding steroid dienone is 1. The number of aromatic nitrogens is 1. The van der Waals surface area contributed by atoms with Crippen molar-refractivity contribution in [2.75, 3.05) is 36.9 Å². The molecule has 2 N–H and O–H groups in total. The summed E-state index contributed by atoms with van der Waals surface area (Å²) >= 11 is 0. The maximum atomic E-state index is 9.08. The Labute approximate surface area is 101 Å². The Kier molecular flexibility index (Phi) is 3.35. The molecular formula is C12H16N4O. The van der Waals surface area contributed by atoms with Crippen LogP contribution in [0.2, 0.25) is 0 Å². The first-order chi connectivity index (χ1) is 8.27. The summed E-state index contributed by atoms with van der Waals surface area (Å²) in [5.41, 5.74) is 7.21. The second kappa shape index (κ2) is 4.93. The fourth-order valence-electron chi connectivity index (χ4n) is 2.09. The standard InChI is InChI=1S/C12H16N4O/c1-2-3-16-10(9-13)8-11(14)12(16)15-4-6-17-7-5-15/h2,8H,1,3-7,14H2. The van der Waals surface area contributed by atoms with Gasteiger partial charge in [-0.05, 0) is 6.07 Å². The molecule has 0 spiro atoms. The molecule has 1 aromatic rings. The minimum atomic E-state index is 0.573. The van der Waals surface area contributed by atoms with Gasteiger partial charge in [0.25, 0.3) is 0 Å². The molecule has 90 valence electrons. The number of ether oxygens (including phenoxy) is 1. The maximum Gasteiger partial charge on any atom is 0.133 e. The molecule has 0 unspecified atom stereocenters. The van der Waals surface area contributed by atoms with Gasteiger partial charge in [-0.2, -0.15) is 5.26 Å². The molecule has 0 bridgehead atoms. The van der Waals surface area contributed by atoms with E-state index in [4.69, 9.17) is 15.7 Å². The molecule has 0 aromatic carbocycles. The van der Waals surface area contributed by atoms with E-state index in [9.17, 15) is 0 Å². The van der Waals surface area contributed by atoms with E-state index in [2.05, 4.69) is 17.5 Å². The van der Waals surface area contributed by atoms with Crippen LogP contribution in [0.5, 0.6) is 0 Å². The van der Waals surface area contributed by atoms with Gasteiger partial charge in [0.15, 0.2) is 0 Å². The number of nitriles is 1. The number of nitrogens with zero attached hydrogens (tertiary/aromatic N) is 3. The van der Waals surface area contributed by atoms with Crippen molar-refractivity contribution >= 4 is 11.5 Å². The van der Waals surface area contributed by atoms with E-state index in [1.807, 2.05) is 4.57 Å². The van der Waals surface area contributed by atoms with Crippen LogP contribution in [0.3, 0.4) is 0 Å². The van der Waals surface area contributed by atoms with Crippen LogP contribution < -0.4 is 10.6 Å². The lowest BCUT2D eigenvalue weighted by molar-refractivity contribution is 0.122. The molecule has 5 heteroatoms. The van der Waals surface area contributed by atoms with Gasteiger partial charge in [0.1, 0.15) is 17.6 Å². The third-order valence-corrected chi connectivity index (χ3v) is 2.83. The fraction of sp³-hybridized carbons (Fsp3) is 0.417. The number of hydrogen-bond donors (Lipinski definition) is 1. The molecule has 1 aliphatic rings. The van der Waals surface area contributed by atoms with Gasteiger partial charge in [-0.25, -0.2) is 0 Å². The van der Waals surface area contributed by atoms with Gasteiger partial charge in [-0.3, -0.25) is 0 Å². The van der Waals surface area contributed by atoms with Crippen molar-refractivity contribution in [3.8, 4) is 6.07 Å². The highest BCUT2D eigenvalue weighted by atomic mass is 16.5. The molecule has 1 fully saturated rings. The molecule has 0 amide bonds.